The minimum Gasteiger partial charge on any atom is -0.465 e. The maximum atomic E-state index is 12.0. The number of carbonyl (C=O) groups is 2. The zero-order valence-electron chi connectivity index (χ0n) is 12.0. The Kier molecular flexibility index (Phi) is 7.18. The van der Waals surface area contributed by atoms with Gasteiger partial charge in [0, 0.05) is 11.0 Å². The maximum absolute atomic E-state index is 12.0. The summed E-state index contributed by atoms with van der Waals surface area (Å²) in [5, 5.41) is 11.0. The number of rotatable bonds is 7. The fraction of sp³-hybridized carbons (Fsp3) is 0.429. The summed E-state index contributed by atoms with van der Waals surface area (Å²) in [4.78, 5) is 22.8. The van der Waals surface area contributed by atoms with Crippen molar-refractivity contribution in [3.63, 3.8) is 0 Å². The van der Waals surface area contributed by atoms with Gasteiger partial charge in [0.1, 0.15) is 6.04 Å². The molecule has 0 saturated heterocycles. The average Bonchev–Trinajstić information content (AvgIpc) is 2.45. The molecule has 1 aromatic carbocycles. The molecule has 0 spiro atoms. The van der Waals surface area contributed by atoms with Crippen LogP contribution in [0.1, 0.15) is 25.8 Å². The average molecular weight is 358 g/mol. The van der Waals surface area contributed by atoms with Crippen molar-refractivity contribution in [1.82, 2.24) is 16.2 Å². The third kappa shape index (κ3) is 6.14. The van der Waals surface area contributed by atoms with Gasteiger partial charge in [0.25, 0.3) is 5.91 Å². The first-order chi connectivity index (χ1) is 9.93. The smallest absolute Gasteiger partial charge is 0.405 e. The van der Waals surface area contributed by atoms with E-state index in [4.69, 9.17) is 5.11 Å². The number of hydrazine groups is 1. The van der Waals surface area contributed by atoms with Gasteiger partial charge in [-0.25, -0.2) is 10.2 Å². The summed E-state index contributed by atoms with van der Waals surface area (Å²) in [6, 6.07) is 6.89. The van der Waals surface area contributed by atoms with Crippen LogP contribution in [0.5, 0.6) is 0 Å². The molecule has 6 nitrogen and oxygen atoms in total. The molecule has 0 fully saturated rings. The highest BCUT2D eigenvalue weighted by atomic mass is 79.9. The summed E-state index contributed by atoms with van der Waals surface area (Å²) in [7, 11) is 0. The molecule has 0 aliphatic rings. The maximum Gasteiger partial charge on any atom is 0.405 e. The molecule has 0 unspecified atom stereocenters. The summed E-state index contributed by atoms with van der Waals surface area (Å²) in [6.07, 6.45) is -0.506. The Labute approximate surface area is 132 Å². The lowest BCUT2D eigenvalue weighted by Gasteiger charge is -2.22. The minimum atomic E-state index is -1.21. The molecule has 0 radical (unpaired) electrons. The van der Waals surface area contributed by atoms with Gasteiger partial charge in [0.15, 0.2) is 0 Å². The highest BCUT2D eigenvalue weighted by Crippen LogP contribution is 2.10. The molecular weight excluding hydrogens is 338 g/mol. The van der Waals surface area contributed by atoms with Crippen LogP contribution >= 0.6 is 15.9 Å². The van der Waals surface area contributed by atoms with Crippen LogP contribution in [0.25, 0.3) is 0 Å². The number of nitrogens with one attached hydrogen (secondary N) is 3. The second-order valence-corrected chi connectivity index (χ2v) is 5.70. The second-order valence-electron chi connectivity index (χ2n) is 4.78. The molecule has 2 atom stereocenters. The minimum absolute atomic E-state index is 0.0874. The zero-order chi connectivity index (χ0) is 15.8. The van der Waals surface area contributed by atoms with Gasteiger partial charge in [-0.15, -0.1) is 0 Å². The highest BCUT2D eigenvalue weighted by molar-refractivity contribution is 9.10. The molecule has 0 aliphatic carbocycles. The number of hydrogen-bond acceptors (Lipinski definition) is 3. The molecule has 7 heteroatoms. The van der Waals surface area contributed by atoms with Crippen molar-refractivity contribution in [2.75, 3.05) is 0 Å². The van der Waals surface area contributed by atoms with E-state index in [0.29, 0.717) is 13.0 Å². The quantitative estimate of drug-likeness (QED) is 0.563. The Balaban J connectivity index is 2.49. The Bertz CT molecular complexity index is 479. The summed E-state index contributed by atoms with van der Waals surface area (Å²) >= 11 is 3.35. The highest BCUT2D eigenvalue weighted by Gasteiger charge is 2.25. The molecule has 0 bridgehead atoms. The normalized spacial score (nSPS) is 13.3. The van der Waals surface area contributed by atoms with Crippen LogP contribution in [-0.2, 0) is 11.3 Å². The molecule has 0 aromatic heterocycles. The van der Waals surface area contributed by atoms with Crippen LogP contribution in [0.2, 0.25) is 0 Å². The first-order valence-corrected chi connectivity index (χ1v) is 7.50. The van der Waals surface area contributed by atoms with Crippen LogP contribution in [0.15, 0.2) is 28.7 Å². The number of amides is 2. The molecule has 4 N–H and O–H groups in total. The van der Waals surface area contributed by atoms with Gasteiger partial charge in [-0.3, -0.25) is 10.2 Å². The largest absolute Gasteiger partial charge is 0.465 e. The Morgan fingerprint density at radius 2 is 1.90 bits per heavy atom. The predicted molar refractivity (Wildman–Crippen MR) is 83.5 cm³/mol. The van der Waals surface area contributed by atoms with Crippen molar-refractivity contribution in [2.45, 2.75) is 32.9 Å². The first-order valence-electron chi connectivity index (χ1n) is 6.70. The lowest BCUT2D eigenvalue weighted by Crippen LogP contribution is -2.53. The Hall–Kier alpha value is -1.60. The van der Waals surface area contributed by atoms with Crippen LogP contribution in [0.4, 0.5) is 4.79 Å². The van der Waals surface area contributed by atoms with Crippen LogP contribution in [-0.4, -0.2) is 23.1 Å². The number of benzene rings is 1. The molecule has 1 aromatic rings. The standard InChI is InChI=1S/C14H20BrN3O3/c1-3-9(2)12(17-14(20)21)13(19)18-16-8-10-4-6-11(15)7-5-10/h4-7,9,12,16-17H,3,8H2,1-2H3,(H,18,19)(H,20,21)/t9-,12-/m0/s1. The van der Waals surface area contributed by atoms with E-state index >= 15 is 0 Å². The molecule has 0 heterocycles. The summed E-state index contributed by atoms with van der Waals surface area (Å²) in [5.74, 6) is -0.473. The third-order valence-corrected chi connectivity index (χ3v) is 3.72. The van der Waals surface area contributed by atoms with Crippen LogP contribution < -0.4 is 16.2 Å². The van der Waals surface area contributed by atoms with Gasteiger partial charge in [-0.05, 0) is 23.6 Å². The van der Waals surface area contributed by atoms with Crippen molar-refractivity contribution in [3.05, 3.63) is 34.3 Å². The lowest BCUT2D eigenvalue weighted by atomic mass is 9.99. The molecule has 0 aliphatic heterocycles. The van der Waals surface area contributed by atoms with Gasteiger partial charge in [0.05, 0.1) is 0 Å². The Morgan fingerprint density at radius 3 is 2.43 bits per heavy atom. The van der Waals surface area contributed by atoms with E-state index in [1.165, 1.54) is 0 Å². The predicted octanol–water partition coefficient (Wildman–Crippen LogP) is 2.25. The Morgan fingerprint density at radius 1 is 1.29 bits per heavy atom. The second kappa shape index (κ2) is 8.63. The summed E-state index contributed by atoms with van der Waals surface area (Å²) < 4.78 is 0.984. The van der Waals surface area contributed by atoms with Crippen LogP contribution in [0.3, 0.4) is 0 Å². The van der Waals surface area contributed by atoms with Gasteiger partial charge < -0.3 is 10.4 Å². The van der Waals surface area contributed by atoms with Gasteiger partial charge in [-0.2, -0.15) is 0 Å². The van der Waals surface area contributed by atoms with E-state index in [0.717, 1.165) is 10.0 Å². The molecule has 21 heavy (non-hydrogen) atoms. The number of halogens is 1. The topological polar surface area (TPSA) is 90.5 Å². The van der Waals surface area contributed by atoms with E-state index < -0.39 is 12.1 Å². The fourth-order valence-electron chi connectivity index (χ4n) is 1.75. The number of hydrogen-bond donors (Lipinski definition) is 4. The third-order valence-electron chi connectivity index (χ3n) is 3.19. The van der Waals surface area contributed by atoms with Crippen molar-refractivity contribution in [1.29, 1.82) is 0 Å². The summed E-state index contributed by atoms with van der Waals surface area (Å²) in [5.41, 5.74) is 6.35. The van der Waals surface area contributed by atoms with E-state index in [-0.39, 0.29) is 11.8 Å². The van der Waals surface area contributed by atoms with Crippen molar-refractivity contribution < 1.29 is 14.7 Å². The van der Waals surface area contributed by atoms with Crippen LogP contribution in [0, 0.1) is 5.92 Å². The number of carbonyl (C=O) groups excluding carboxylic acids is 1. The monoisotopic (exact) mass is 357 g/mol. The van der Waals surface area contributed by atoms with E-state index in [1.54, 1.807) is 0 Å². The first kappa shape index (κ1) is 17.5. The lowest BCUT2D eigenvalue weighted by molar-refractivity contribution is -0.125. The van der Waals surface area contributed by atoms with Crippen molar-refractivity contribution in [3.8, 4) is 0 Å². The molecular formula is C14H20BrN3O3. The zero-order valence-corrected chi connectivity index (χ0v) is 13.6. The van der Waals surface area contributed by atoms with Gasteiger partial charge >= 0.3 is 6.09 Å². The van der Waals surface area contributed by atoms with Gasteiger partial charge in [0.2, 0.25) is 0 Å². The molecule has 2 amide bonds. The SMILES string of the molecule is CC[C@H](C)[C@H](NC(=O)O)C(=O)NNCc1ccc(Br)cc1. The van der Waals surface area contributed by atoms with E-state index in [2.05, 4.69) is 32.1 Å². The van der Waals surface area contributed by atoms with Crippen molar-refractivity contribution >= 4 is 27.9 Å². The van der Waals surface area contributed by atoms with Crippen molar-refractivity contribution in [2.24, 2.45) is 5.92 Å². The van der Waals surface area contributed by atoms with E-state index in [1.807, 2.05) is 38.1 Å². The molecule has 0 saturated carbocycles. The molecule has 116 valence electrons. The fourth-order valence-corrected chi connectivity index (χ4v) is 2.01. The number of carboxylic acid groups (broad SMARTS) is 1. The molecule has 1 rings (SSSR count). The summed E-state index contributed by atoms with van der Waals surface area (Å²) in [6.45, 7) is 4.19. The van der Waals surface area contributed by atoms with Gasteiger partial charge in [-0.1, -0.05) is 48.3 Å². The van der Waals surface area contributed by atoms with E-state index in [9.17, 15) is 9.59 Å².